The summed E-state index contributed by atoms with van der Waals surface area (Å²) in [5.41, 5.74) is 9.21. The molecule has 3 N–H and O–H groups in total. The molecule has 1 aliphatic heterocycles. The largest absolute Gasteiger partial charge is 0.382 e. The van der Waals surface area contributed by atoms with Gasteiger partial charge < -0.3 is 11.1 Å². The number of rotatable bonds is 1. The molecule has 0 fully saturated rings. The van der Waals surface area contributed by atoms with Crippen LogP contribution in [-0.4, -0.2) is 9.78 Å². The van der Waals surface area contributed by atoms with Gasteiger partial charge in [0.15, 0.2) is 5.82 Å². The standard InChI is InChI=1S/C11H11BrN4/c12-7-1-3-8(4-2-7)16-10-6-14-5-9(10)11(13)15-16/h1-4,14H,5-6H2,(H2,13,15). The van der Waals surface area contributed by atoms with Crippen LogP contribution in [0.4, 0.5) is 5.82 Å². The lowest BCUT2D eigenvalue weighted by atomic mass is 10.2. The number of hydrogen-bond acceptors (Lipinski definition) is 3. The first-order valence-electron chi connectivity index (χ1n) is 5.08. The van der Waals surface area contributed by atoms with E-state index in [-0.39, 0.29) is 0 Å². The van der Waals surface area contributed by atoms with Crippen molar-refractivity contribution in [3.63, 3.8) is 0 Å². The second-order valence-corrected chi connectivity index (χ2v) is 4.72. The van der Waals surface area contributed by atoms with Crippen LogP contribution in [0.25, 0.3) is 5.69 Å². The van der Waals surface area contributed by atoms with Gasteiger partial charge in [-0.25, -0.2) is 4.68 Å². The van der Waals surface area contributed by atoms with Crippen LogP contribution >= 0.6 is 15.9 Å². The van der Waals surface area contributed by atoms with E-state index in [9.17, 15) is 0 Å². The first-order valence-corrected chi connectivity index (χ1v) is 5.88. The molecule has 1 aromatic carbocycles. The molecule has 2 heterocycles. The van der Waals surface area contributed by atoms with Gasteiger partial charge in [-0.2, -0.15) is 5.10 Å². The number of hydrogen-bond donors (Lipinski definition) is 2. The number of nitrogens with one attached hydrogen (secondary N) is 1. The predicted octanol–water partition coefficient (Wildman–Crippen LogP) is 1.82. The lowest BCUT2D eigenvalue weighted by molar-refractivity contribution is 0.714. The fourth-order valence-corrected chi connectivity index (χ4v) is 2.24. The number of nitrogen functional groups attached to an aromatic ring is 1. The molecule has 4 nitrogen and oxygen atoms in total. The zero-order chi connectivity index (χ0) is 11.1. The van der Waals surface area contributed by atoms with Crippen LogP contribution in [-0.2, 0) is 13.1 Å². The third-order valence-corrected chi connectivity index (χ3v) is 3.32. The van der Waals surface area contributed by atoms with Gasteiger partial charge in [-0.15, -0.1) is 0 Å². The molecule has 0 radical (unpaired) electrons. The van der Waals surface area contributed by atoms with Crippen molar-refractivity contribution >= 4 is 21.7 Å². The summed E-state index contributed by atoms with van der Waals surface area (Å²) in [6.45, 7) is 1.65. The van der Waals surface area contributed by atoms with Gasteiger partial charge in [0.05, 0.1) is 11.4 Å². The topological polar surface area (TPSA) is 55.9 Å². The molecule has 0 amide bonds. The molecular formula is C11H11BrN4. The molecule has 0 unspecified atom stereocenters. The minimum absolute atomic E-state index is 0.628. The van der Waals surface area contributed by atoms with Gasteiger partial charge >= 0.3 is 0 Å². The summed E-state index contributed by atoms with van der Waals surface area (Å²) in [6.07, 6.45) is 0. The highest BCUT2D eigenvalue weighted by atomic mass is 79.9. The number of anilines is 1. The molecule has 0 saturated heterocycles. The smallest absolute Gasteiger partial charge is 0.150 e. The maximum atomic E-state index is 5.88. The van der Waals surface area contributed by atoms with E-state index in [1.807, 2.05) is 28.9 Å². The predicted molar refractivity (Wildman–Crippen MR) is 66.2 cm³/mol. The molecule has 1 aliphatic rings. The highest BCUT2D eigenvalue weighted by Crippen LogP contribution is 2.25. The summed E-state index contributed by atoms with van der Waals surface area (Å²) in [7, 11) is 0. The zero-order valence-electron chi connectivity index (χ0n) is 8.57. The maximum absolute atomic E-state index is 5.88. The molecule has 0 saturated carbocycles. The molecule has 82 valence electrons. The molecule has 5 heteroatoms. The zero-order valence-corrected chi connectivity index (χ0v) is 10.2. The van der Waals surface area contributed by atoms with Crippen molar-refractivity contribution in [2.24, 2.45) is 0 Å². The Morgan fingerprint density at radius 1 is 1.25 bits per heavy atom. The van der Waals surface area contributed by atoms with Crippen molar-refractivity contribution in [1.29, 1.82) is 0 Å². The number of halogens is 1. The van der Waals surface area contributed by atoms with Gasteiger partial charge in [0.25, 0.3) is 0 Å². The first kappa shape index (κ1) is 9.86. The van der Waals surface area contributed by atoms with Gasteiger partial charge in [0, 0.05) is 23.1 Å². The molecule has 0 spiro atoms. The van der Waals surface area contributed by atoms with E-state index in [1.54, 1.807) is 0 Å². The third-order valence-electron chi connectivity index (χ3n) is 2.79. The van der Waals surface area contributed by atoms with Crippen LogP contribution in [0, 0.1) is 0 Å². The minimum Gasteiger partial charge on any atom is -0.382 e. The summed E-state index contributed by atoms with van der Waals surface area (Å²) in [5, 5.41) is 7.65. The van der Waals surface area contributed by atoms with Crippen LogP contribution in [0.2, 0.25) is 0 Å². The van der Waals surface area contributed by atoms with Crippen LogP contribution in [0.1, 0.15) is 11.3 Å². The number of nitrogens with zero attached hydrogens (tertiary/aromatic N) is 2. The SMILES string of the molecule is Nc1nn(-c2ccc(Br)cc2)c2c1CNC2. The van der Waals surface area contributed by atoms with E-state index in [2.05, 4.69) is 26.3 Å². The van der Waals surface area contributed by atoms with Gasteiger partial charge in [0.2, 0.25) is 0 Å². The number of aromatic nitrogens is 2. The van der Waals surface area contributed by atoms with Crippen LogP contribution in [0.3, 0.4) is 0 Å². The molecular weight excluding hydrogens is 268 g/mol. The number of fused-ring (bicyclic) bond motifs is 1. The average Bonchev–Trinajstić information content (AvgIpc) is 2.84. The Kier molecular flexibility index (Phi) is 2.22. The van der Waals surface area contributed by atoms with Crippen molar-refractivity contribution in [3.8, 4) is 5.69 Å². The summed E-state index contributed by atoms with van der Waals surface area (Å²) in [4.78, 5) is 0. The van der Waals surface area contributed by atoms with E-state index in [0.29, 0.717) is 5.82 Å². The second-order valence-electron chi connectivity index (χ2n) is 3.80. The monoisotopic (exact) mass is 278 g/mol. The minimum atomic E-state index is 0.628. The van der Waals surface area contributed by atoms with Crippen molar-refractivity contribution in [2.45, 2.75) is 13.1 Å². The van der Waals surface area contributed by atoms with Gasteiger partial charge in [-0.05, 0) is 24.3 Å². The lowest BCUT2D eigenvalue weighted by Crippen LogP contribution is -2.08. The number of benzene rings is 1. The summed E-state index contributed by atoms with van der Waals surface area (Å²) in [5.74, 6) is 0.628. The quantitative estimate of drug-likeness (QED) is 0.837. The fourth-order valence-electron chi connectivity index (χ4n) is 1.98. The Balaban J connectivity index is 2.13. The van der Waals surface area contributed by atoms with Crippen molar-refractivity contribution in [1.82, 2.24) is 15.1 Å². The van der Waals surface area contributed by atoms with E-state index in [1.165, 1.54) is 5.69 Å². The second kappa shape index (κ2) is 3.61. The van der Waals surface area contributed by atoms with Crippen LogP contribution < -0.4 is 11.1 Å². The van der Waals surface area contributed by atoms with Gasteiger partial charge in [-0.3, -0.25) is 0 Å². The van der Waals surface area contributed by atoms with E-state index < -0.39 is 0 Å². The van der Waals surface area contributed by atoms with Crippen LogP contribution in [0.15, 0.2) is 28.7 Å². The highest BCUT2D eigenvalue weighted by molar-refractivity contribution is 9.10. The van der Waals surface area contributed by atoms with Gasteiger partial charge in [-0.1, -0.05) is 15.9 Å². The Morgan fingerprint density at radius 3 is 2.75 bits per heavy atom. The molecule has 1 aromatic heterocycles. The normalized spacial score (nSPS) is 14.1. The average molecular weight is 279 g/mol. The first-order chi connectivity index (χ1) is 7.75. The summed E-state index contributed by atoms with van der Waals surface area (Å²) >= 11 is 3.42. The van der Waals surface area contributed by atoms with E-state index >= 15 is 0 Å². The fraction of sp³-hybridized carbons (Fsp3) is 0.182. The Morgan fingerprint density at radius 2 is 2.00 bits per heavy atom. The Hall–Kier alpha value is -1.33. The Labute approximate surface area is 102 Å². The molecule has 16 heavy (non-hydrogen) atoms. The number of nitrogens with two attached hydrogens (primary N) is 1. The van der Waals surface area contributed by atoms with Crippen molar-refractivity contribution in [2.75, 3.05) is 5.73 Å². The third kappa shape index (κ3) is 1.44. The van der Waals surface area contributed by atoms with E-state index in [0.717, 1.165) is 28.8 Å². The molecule has 0 bridgehead atoms. The molecule has 3 rings (SSSR count). The maximum Gasteiger partial charge on any atom is 0.150 e. The van der Waals surface area contributed by atoms with Crippen LogP contribution in [0.5, 0.6) is 0 Å². The lowest BCUT2D eigenvalue weighted by Gasteiger charge is -2.04. The Bertz CT molecular complexity index is 530. The summed E-state index contributed by atoms with van der Waals surface area (Å²) in [6, 6.07) is 8.05. The van der Waals surface area contributed by atoms with E-state index in [4.69, 9.17) is 5.73 Å². The van der Waals surface area contributed by atoms with Crippen molar-refractivity contribution in [3.05, 3.63) is 40.0 Å². The molecule has 0 aliphatic carbocycles. The van der Waals surface area contributed by atoms with Gasteiger partial charge in [0.1, 0.15) is 0 Å². The molecule has 2 aromatic rings. The van der Waals surface area contributed by atoms with Crippen molar-refractivity contribution < 1.29 is 0 Å². The molecule has 0 atom stereocenters. The highest BCUT2D eigenvalue weighted by Gasteiger charge is 2.20. The summed E-state index contributed by atoms with van der Waals surface area (Å²) < 4.78 is 2.98.